The Hall–Kier alpha value is -2.97. The third kappa shape index (κ3) is 5.08. The zero-order valence-corrected chi connectivity index (χ0v) is 19.6. The number of likely N-dealkylation sites (tertiary alicyclic amines) is 1. The number of aromatic nitrogens is 2. The second kappa shape index (κ2) is 10.1. The number of hydrogen-bond acceptors (Lipinski definition) is 6. The first-order chi connectivity index (χ1) is 16.6. The topological polar surface area (TPSA) is 65.7 Å². The summed E-state index contributed by atoms with van der Waals surface area (Å²) in [7, 11) is 0. The van der Waals surface area contributed by atoms with E-state index in [-0.39, 0.29) is 17.6 Å². The Balaban J connectivity index is 1.09. The van der Waals surface area contributed by atoms with Gasteiger partial charge in [0.15, 0.2) is 0 Å². The minimum atomic E-state index is -0.212. The molecule has 0 radical (unpaired) electrons. The molecule has 0 saturated carbocycles. The number of nitrogens with zero attached hydrogens (tertiary/aromatic N) is 5. The Morgan fingerprint density at radius 1 is 1.00 bits per heavy atom. The average molecular weight is 484 g/mol. The van der Waals surface area contributed by atoms with E-state index in [1.54, 1.807) is 24.3 Å². The summed E-state index contributed by atoms with van der Waals surface area (Å²) in [6.45, 7) is 4.75. The minimum absolute atomic E-state index is 0.0311. The zero-order valence-electron chi connectivity index (χ0n) is 18.9. The smallest absolute Gasteiger partial charge is 0.241 e. The molecule has 0 atom stereocenters. The van der Waals surface area contributed by atoms with Crippen LogP contribution in [0.2, 0.25) is 5.02 Å². The Morgan fingerprint density at radius 3 is 2.41 bits per heavy atom. The lowest BCUT2D eigenvalue weighted by atomic mass is 9.95. The first-order valence-electron chi connectivity index (χ1n) is 11.7. The van der Waals surface area contributed by atoms with Crippen LogP contribution in [0, 0.1) is 11.7 Å². The number of benzene rings is 2. The third-order valence-corrected chi connectivity index (χ3v) is 6.90. The van der Waals surface area contributed by atoms with Crippen molar-refractivity contribution in [2.75, 3.05) is 44.2 Å². The molecule has 0 aliphatic carbocycles. The maximum atomic E-state index is 14.1. The van der Waals surface area contributed by atoms with Crippen molar-refractivity contribution < 1.29 is 13.7 Å². The van der Waals surface area contributed by atoms with Crippen LogP contribution in [0.25, 0.3) is 11.4 Å². The summed E-state index contributed by atoms with van der Waals surface area (Å²) in [5.41, 5.74) is 1.47. The van der Waals surface area contributed by atoms with Gasteiger partial charge in [-0.25, -0.2) is 4.39 Å². The quantitative estimate of drug-likeness (QED) is 0.544. The van der Waals surface area contributed by atoms with E-state index in [9.17, 15) is 9.18 Å². The fraction of sp³-hybridized carbons (Fsp3) is 0.400. The van der Waals surface area contributed by atoms with Gasteiger partial charge < -0.3 is 14.3 Å². The van der Waals surface area contributed by atoms with Gasteiger partial charge in [0.25, 0.3) is 0 Å². The number of piperazine rings is 1. The maximum Gasteiger partial charge on any atom is 0.241 e. The van der Waals surface area contributed by atoms with Crippen LogP contribution in [0.1, 0.15) is 18.7 Å². The summed E-state index contributed by atoms with van der Waals surface area (Å²) in [5.74, 6) is 1.15. The van der Waals surface area contributed by atoms with Crippen molar-refractivity contribution in [1.29, 1.82) is 0 Å². The van der Waals surface area contributed by atoms with Crippen molar-refractivity contribution in [2.24, 2.45) is 5.92 Å². The van der Waals surface area contributed by atoms with E-state index in [4.69, 9.17) is 16.1 Å². The molecule has 1 aromatic heterocycles. The summed E-state index contributed by atoms with van der Waals surface area (Å²) in [6.07, 6.45) is 1.62. The van der Waals surface area contributed by atoms with E-state index in [0.717, 1.165) is 31.5 Å². The summed E-state index contributed by atoms with van der Waals surface area (Å²) in [6, 6.07) is 14.1. The SMILES string of the molecule is O=C(C1CCN(Cc2nc(-c3ccc(Cl)cc3)no2)CC1)N1CCN(c2ccccc2F)CC1. The van der Waals surface area contributed by atoms with E-state index in [1.165, 1.54) is 6.07 Å². The molecular weight excluding hydrogens is 457 g/mol. The molecule has 0 unspecified atom stereocenters. The fourth-order valence-corrected chi connectivity index (χ4v) is 4.82. The number of anilines is 1. The summed E-state index contributed by atoms with van der Waals surface area (Å²) in [5, 5.41) is 4.74. The number of piperidine rings is 1. The number of halogens is 2. The number of hydrogen-bond donors (Lipinski definition) is 0. The third-order valence-electron chi connectivity index (χ3n) is 6.65. The minimum Gasteiger partial charge on any atom is -0.366 e. The highest BCUT2D eigenvalue weighted by Gasteiger charge is 2.31. The Labute approximate surface area is 203 Å². The molecular formula is C25H27ClFN5O2. The van der Waals surface area contributed by atoms with Crippen LogP contribution >= 0.6 is 11.6 Å². The van der Waals surface area contributed by atoms with Crippen LogP contribution in [0.15, 0.2) is 53.1 Å². The molecule has 0 N–H and O–H groups in total. The van der Waals surface area contributed by atoms with Gasteiger partial charge in [-0.3, -0.25) is 9.69 Å². The van der Waals surface area contributed by atoms with Gasteiger partial charge in [0.1, 0.15) is 5.82 Å². The van der Waals surface area contributed by atoms with E-state index < -0.39 is 0 Å². The molecule has 2 aliphatic heterocycles. The van der Waals surface area contributed by atoms with Crippen LogP contribution in [-0.2, 0) is 11.3 Å². The molecule has 0 spiro atoms. The summed E-state index contributed by atoms with van der Waals surface area (Å²) >= 11 is 5.94. The predicted octanol–water partition coefficient (Wildman–Crippen LogP) is 4.09. The van der Waals surface area contributed by atoms with Gasteiger partial charge >= 0.3 is 0 Å². The maximum absolute atomic E-state index is 14.1. The molecule has 2 fully saturated rings. The number of carbonyl (C=O) groups excluding carboxylic acids is 1. The molecule has 7 nitrogen and oxygen atoms in total. The van der Waals surface area contributed by atoms with Gasteiger partial charge in [0.2, 0.25) is 17.6 Å². The number of rotatable bonds is 5. The highest BCUT2D eigenvalue weighted by molar-refractivity contribution is 6.30. The van der Waals surface area contributed by atoms with E-state index in [1.807, 2.05) is 28.0 Å². The largest absolute Gasteiger partial charge is 0.366 e. The average Bonchev–Trinajstić information content (AvgIpc) is 3.33. The van der Waals surface area contributed by atoms with Crippen LogP contribution in [0.5, 0.6) is 0 Å². The van der Waals surface area contributed by atoms with Crippen molar-refractivity contribution in [3.05, 3.63) is 65.3 Å². The molecule has 178 valence electrons. The highest BCUT2D eigenvalue weighted by atomic mass is 35.5. The molecule has 1 amide bonds. The van der Waals surface area contributed by atoms with Crippen molar-refractivity contribution in [3.8, 4) is 11.4 Å². The van der Waals surface area contributed by atoms with Gasteiger partial charge in [-0.05, 0) is 62.3 Å². The van der Waals surface area contributed by atoms with E-state index in [2.05, 4.69) is 15.0 Å². The Kier molecular flexibility index (Phi) is 6.78. The van der Waals surface area contributed by atoms with Gasteiger partial charge in [0, 0.05) is 42.7 Å². The molecule has 9 heteroatoms. The lowest BCUT2D eigenvalue weighted by molar-refractivity contribution is -0.137. The standard InChI is InChI=1S/C25H27ClFN5O2/c26-20-7-5-18(6-8-20)24-28-23(34-29-24)17-30-11-9-19(10-12-30)25(33)32-15-13-31(14-16-32)22-4-2-1-3-21(22)27/h1-8,19H,9-17H2. The van der Waals surface area contributed by atoms with Gasteiger partial charge in [-0.1, -0.05) is 28.9 Å². The lowest BCUT2D eigenvalue weighted by Crippen LogP contribution is -2.51. The van der Waals surface area contributed by atoms with Gasteiger partial charge in [-0.2, -0.15) is 4.98 Å². The molecule has 2 aromatic carbocycles. The molecule has 34 heavy (non-hydrogen) atoms. The van der Waals surface area contributed by atoms with Gasteiger partial charge in [-0.15, -0.1) is 0 Å². The van der Waals surface area contributed by atoms with Crippen molar-refractivity contribution in [3.63, 3.8) is 0 Å². The van der Waals surface area contributed by atoms with Gasteiger partial charge in [0.05, 0.1) is 12.2 Å². The molecule has 3 heterocycles. The monoisotopic (exact) mass is 483 g/mol. The number of carbonyl (C=O) groups is 1. The summed E-state index contributed by atoms with van der Waals surface area (Å²) in [4.78, 5) is 23.8. The fourth-order valence-electron chi connectivity index (χ4n) is 4.70. The number of amides is 1. The summed E-state index contributed by atoms with van der Waals surface area (Å²) < 4.78 is 19.5. The second-order valence-electron chi connectivity index (χ2n) is 8.83. The normalized spacial score (nSPS) is 17.8. The molecule has 5 rings (SSSR count). The zero-order chi connectivity index (χ0) is 23.5. The van der Waals surface area contributed by atoms with Crippen molar-refractivity contribution >= 4 is 23.2 Å². The lowest BCUT2D eigenvalue weighted by Gasteiger charge is -2.39. The Bertz CT molecular complexity index is 1120. The first kappa shape index (κ1) is 22.8. The van der Waals surface area contributed by atoms with Crippen LogP contribution in [0.3, 0.4) is 0 Å². The number of para-hydroxylation sites is 1. The highest BCUT2D eigenvalue weighted by Crippen LogP contribution is 2.25. The van der Waals surface area contributed by atoms with Crippen molar-refractivity contribution in [1.82, 2.24) is 19.9 Å². The molecule has 3 aromatic rings. The van der Waals surface area contributed by atoms with Crippen molar-refractivity contribution in [2.45, 2.75) is 19.4 Å². The second-order valence-corrected chi connectivity index (χ2v) is 9.27. The van der Waals surface area contributed by atoms with E-state index >= 15 is 0 Å². The first-order valence-corrected chi connectivity index (χ1v) is 12.0. The molecule has 2 saturated heterocycles. The van der Waals surface area contributed by atoms with Crippen LogP contribution < -0.4 is 4.90 Å². The van der Waals surface area contributed by atoms with E-state index in [0.29, 0.717) is 55.1 Å². The van der Waals surface area contributed by atoms with Crippen LogP contribution in [-0.4, -0.2) is 65.1 Å². The molecule has 2 aliphatic rings. The Morgan fingerprint density at radius 2 is 1.71 bits per heavy atom. The molecule has 0 bridgehead atoms. The predicted molar refractivity (Wildman–Crippen MR) is 128 cm³/mol. The van der Waals surface area contributed by atoms with Crippen LogP contribution in [0.4, 0.5) is 10.1 Å².